The summed E-state index contributed by atoms with van der Waals surface area (Å²) in [6.45, 7) is 2.54. The average molecular weight is 403 g/mol. The molecule has 3 N–H and O–H groups in total. The van der Waals surface area contributed by atoms with Gasteiger partial charge in [-0.15, -0.1) is 0 Å². The predicted molar refractivity (Wildman–Crippen MR) is 114 cm³/mol. The van der Waals surface area contributed by atoms with E-state index in [4.69, 9.17) is 5.73 Å². The Balaban J connectivity index is 2.12. The molecule has 4 nitrogen and oxygen atoms in total. The second-order valence-electron chi connectivity index (χ2n) is 6.95. The van der Waals surface area contributed by atoms with Crippen LogP contribution < -0.4 is 11.1 Å². The number of halogens is 1. The van der Waals surface area contributed by atoms with Gasteiger partial charge in [-0.25, -0.2) is 4.39 Å². The van der Waals surface area contributed by atoms with Gasteiger partial charge < -0.3 is 15.8 Å². The number of thiol groups is 1. The third kappa shape index (κ3) is 6.46. The molecule has 0 saturated heterocycles. The van der Waals surface area contributed by atoms with Crippen molar-refractivity contribution in [2.24, 2.45) is 11.7 Å². The number of hydrogen-bond donors (Lipinski definition) is 3. The van der Waals surface area contributed by atoms with Crippen LogP contribution in [-0.2, 0) is 22.4 Å². The van der Waals surface area contributed by atoms with Gasteiger partial charge in [-0.3, -0.25) is 4.79 Å². The normalized spacial score (nSPS) is 13.0. The number of hydrogen-bond acceptors (Lipinski definition) is 4. The van der Waals surface area contributed by atoms with E-state index in [2.05, 4.69) is 17.9 Å². The quantitative estimate of drug-likeness (QED) is 0.422. The van der Waals surface area contributed by atoms with Crippen LogP contribution in [0.3, 0.4) is 0 Å². The maximum absolute atomic E-state index is 14.3. The maximum atomic E-state index is 14.3. The van der Waals surface area contributed by atoms with Crippen molar-refractivity contribution >= 4 is 24.8 Å². The molecule has 2 aromatic rings. The van der Waals surface area contributed by atoms with Crippen LogP contribution in [0, 0.1) is 11.7 Å². The van der Waals surface area contributed by atoms with Crippen LogP contribution in [0.15, 0.2) is 42.5 Å². The summed E-state index contributed by atoms with van der Waals surface area (Å²) >= 11 is 4.25. The monoisotopic (exact) mass is 402 g/mol. The molecule has 150 valence electrons. The summed E-state index contributed by atoms with van der Waals surface area (Å²) in [6.07, 6.45) is 2.36. The number of nitrogens with one attached hydrogen (secondary N) is 1. The molecule has 28 heavy (non-hydrogen) atoms. The highest BCUT2D eigenvalue weighted by molar-refractivity contribution is 7.81. The summed E-state index contributed by atoms with van der Waals surface area (Å²) in [5, 5.41) is 2.71. The minimum Gasteiger partial charge on any atom is -0.355 e. The maximum Gasteiger partial charge on any atom is 0.223 e. The third-order valence-corrected chi connectivity index (χ3v) is 5.01. The second-order valence-corrected chi connectivity index (χ2v) is 7.68. The van der Waals surface area contributed by atoms with Gasteiger partial charge in [0, 0.05) is 30.7 Å². The SMILES string of the molecule is CC(Cc1cc(-c2cccc(CCC=O)c2)ccc1F)C(=O)NCC(S)CN. The van der Waals surface area contributed by atoms with E-state index in [0.717, 1.165) is 23.0 Å². The molecular formula is C22H27FN2O2S. The summed E-state index contributed by atoms with van der Waals surface area (Å²) < 4.78 is 14.3. The molecule has 1 amide bonds. The number of carbonyl (C=O) groups excluding carboxylic acids is 2. The predicted octanol–water partition coefficient (Wildman–Crippen LogP) is 3.18. The standard InChI is InChI=1S/C22H27FN2O2S/c1-15(22(27)25-14-20(28)13-24)10-19-12-18(7-8-21(19)23)17-6-2-4-16(11-17)5-3-9-26/h2,4,6-9,11-12,15,20,28H,3,5,10,13-14,24H2,1H3,(H,25,27). The summed E-state index contributed by atoms with van der Waals surface area (Å²) in [7, 11) is 0. The first kappa shape index (κ1) is 22.1. The van der Waals surface area contributed by atoms with Crippen molar-refractivity contribution in [2.75, 3.05) is 13.1 Å². The van der Waals surface area contributed by atoms with Gasteiger partial charge in [-0.2, -0.15) is 12.6 Å². The van der Waals surface area contributed by atoms with E-state index >= 15 is 0 Å². The molecular weight excluding hydrogens is 375 g/mol. The van der Waals surface area contributed by atoms with E-state index in [9.17, 15) is 14.0 Å². The van der Waals surface area contributed by atoms with Crippen molar-refractivity contribution in [1.82, 2.24) is 5.32 Å². The molecule has 6 heteroatoms. The molecule has 2 rings (SSSR count). The first-order valence-corrected chi connectivity index (χ1v) is 9.93. The third-order valence-electron chi connectivity index (χ3n) is 4.61. The molecule has 0 saturated carbocycles. The lowest BCUT2D eigenvalue weighted by Gasteiger charge is -2.15. The molecule has 2 unspecified atom stereocenters. The van der Waals surface area contributed by atoms with Crippen molar-refractivity contribution in [1.29, 1.82) is 0 Å². The van der Waals surface area contributed by atoms with Crippen LogP contribution >= 0.6 is 12.6 Å². The van der Waals surface area contributed by atoms with Gasteiger partial charge in [0.15, 0.2) is 0 Å². The smallest absolute Gasteiger partial charge is 0.223 e. The van der Waals surface area contributed by atoms with Gasteiger partial charge in [0.1, 0.15) is 12.1 Å². The summed E-state index contributed by atoms with van der Waals surface area (Å²) in [5.74, 6) is -0.843. The Morgan fingerprint density at radius 3 is 2.71 bits per heavy atom. The van der Waals surface area contributed by atoms with Gasteiger partial charge in [0.05, 0.1) is 0 Å². The Kier molecular flexibility index (Phi) is 8.67. The van der Waals surface area contributed by atoms with Crippen molar-refractivity contribution in [3.63, 3.8) is 0 Å². The van der Waals surface area contributed by atoms with Crippen LogP contribution in [0.25, 0.3) is 11.1 Å². The highest BCUT2D eigenvalue weighted by Crippen LogP contribution is 2.25. The molecule has 2 aromatic carbocycles. The first-order chi connectivity index (χ1) is 13.4. The van der Waals surface area contributed by atoms with Crippen LogP contribution in [-0.4, -0.2) is 30.5 Å². The van der Waals surface area contributed by atoms with Gasteiger partial charge >= 0.3 is 0 Å². The molecule has 0 aromatic heterocycles. The molecule has 0 spiro atoms. The molecule has 0 radical (unpaired) electrons. The molecule has 0 bridgehead atoms. The second kappa shape index (κ2) is 11.0. The van der Waals surface area contributed by atoms with E-state index in [1.54, 1.807) is 19.1 Å². The molecule has 0 heterocycles. The summed E-state index contributed by atoms with van der Waals surface area (Å²) in [5.41, 5.74) is 8.90. The van der Waals surface area contributed by atoms with Crippen molar-refractivity contribution in [3.05, 3.63) is 59.4 Å². The first-order valence-electron chi connectivity index (χ1n) is 9.41. The number of amides is 1. The summed E-state index contributed by atoms with van der Waals surface area (Å²) in [6, 6.07) is 12.8. The average Bonchev–Trinajstić information content (AvgIpc) is 2.71. The van der Waals surface area contributed by atoms with Gasteiger partial charge in [-0.05, 0) is 47.2 Å². The summed E-state index contributed by atoms with van der Waals surface area (Å²) in [4.78, 5) is 22.8. The number of carbonyl (C=O) groups is 2. The van der Waals surface area contributed by atoms with Gasteiger partial charge in [0.2, 0.25) is 5.91 Å². The van der Waals surface area contributed by atoms with E-state index in [1.807, 2.05) is 24.3 Å². The molecule has 0 aliphatic carbocycles. The zero-order chi connectivity index (χ0) is 20.5. The lowest BCUT2D eigenvalue weighted by Crippen LogP contribution is -2.37. The number of aldehydes is 1. The van der Waals surface area contributed by atoms with Gasteiger partial charge in [-0.1, -0.05) is 37.3 Å². The molecule has 2 atom stereocenters. The zero-order valence-corrected chi connectivity index (χ0v) is 16.9. The molecule has 0 fully saturated rings. The Bertz CT molecular complexity index is 813. The highest BCUT2D eigenvalue weighted by atomic mass is 32.1. The fourth-order valence-electron chi connectivity index (χ4n) is 2.94. The minimum absolute atomic E-state index is 0.0947. The molecule has 0 aliphatic heterocycles. The Morgan fingerprint density at radius 2 is 2.00 bits per heavy atom. The van der Waals surface area contributed by atoms with E-state index in [0.29, 0.717) is 37.9 Å². The van der Waals surface area contributed by atoms with Crippen LogP contribution in [0.2, 0.25) is 0 Å². The minimum atomic E-state index is -0.373. The fraction of sp³-hybridized carbons (Fsp3) is 0.364. The topological polar surface area (TPSA) is 72.2 Å². The Morgan fingerprint density at radius 1 is 1.25 bits per heavy atom. The lowest BCUT2D eigenvalue weighted by molar-refractivity contribution is -0.124. The zero-order valence-electron chi connectivity index (χ0n) is 16.0. The molecule has 0 aliphatic rings. The highest BCUT2D eigenvalue weighted by Gasteiger charge is 2.17. The lowest BCUT2D eigenvalue weighted by atomic mass is 9.95. The van der Waals surface area contributed by atoms with E-state index in [-0.39, 0.29) is 22.9 Å². The van der Waals surface area contributed by atoms with E-state index in [1.165, 1.54) is 6.07 Å². The van der Waals surface area contributed by atoms with Crippen molar-refractivity contribution < 1.29 is 14.0 Å². The number of nitrogens with two attached hydrogens (primary N) is 1. The van der Waals surface area contributed by atoms with Crippen molar-refractivity contribution in [3.8, 4) is 11.1 Å². The Labute approximate surface area is 171 Å². The van der Waals surface area contributed by atoms with Gasteiger partial charge in [0.25, 0.3) is 0 Å². The Hall–Kier alpha value is -2.18. The number of rotatable bonds is 10. The van der Waals surface area contributed by atoms with Crippen molar-refractivity contribution in [2.45, 2.75) is 31.4 Å². The fourth-order valence-corrected chi connectivity index (χ4v) is 3.03. The van der Waals surface area contributed by atoms with E-state index < -0.39 is 0 Å². The van der Waals surface area contributed by atoms with Crippen LogP contribution in [0.5, 0.6) is 0 Å². The van der Waals surface area contributed by atoms with Crippen LogP contribution in [0.4, 0.5) is 4.39 Å². The number of aryl methyl sites for hydroxylation is 1. The van der Waals surface area contributed by atoms with Crippen LogP contribution in [0.1, 0.15) is 24.5 Å². The number of benzene rings is 2. The largest absolute Gasteiger partial charge is 0.355 e.